The van der Waals surface area contributed by atoms with Gasteiger partial charge in [-0.25, -0.2) is 15.0 Å². The number of rotatable bonds is 5. The fourth-order valence-corrected chi connectivity index (χ4v) is 11.3. The van der Waals surface area contributed by atoms with Crippen LogP contribution < -0.4 is 0 Å². The minimum absolute atomic E-state index is 0.274. The fourth-order valence-electron chi connectivity index (χ4n) is 11.3. The molecule has 0 saturated carbocycles. The molecule has 0 aliphatic heterocycles. The lowest BCUT2D eigenvalue weighted by Crippen LogP contribution is -2.41. The Labute approximate surface area is 378 Å². The van der Waals surface area contributed by atoms with Gasteiger partial charge in [-0.05, 0) is 92.0 Å². The van der Waals surface area contributed by atoms with Crippen LogP contribution in [0.25, 0.3) is 83.9 Å². The molecule has 0 amide bonds. The van der Waals surface area contributed by atoms with Gasteiger partial charge in [0.15, 0.2) is 17.5 Å². The smallest absolute Gasteiger partial charge is 0.164 e. The maximum Gasteiger partial charge on any atom is 0.164 e. The fraction of sp³-hybridized carbons (Fsp3) is 0.0656. The standard InChI is InChI=1S/C61H42N4/c1-60(2)51-26-12-13-27-52(51)61(49-24-10-6-19-45(49)46-20-7-11-25-50(46)61)53-28-16-23-44(56(53)60)39-31-33-41(34-32-39)58-62-57(40-17-4-3-5-18-40)63-59(64-58)42-35-37-43(38-36-42)65-54-29-14-8-21-47(54)48-22-9-15-30-55(48)65/h3-38H,1-2H3. The van der Waals surface area contributed by atoms with Gasteiger partial charge in [0.25, 0.3) is 0 Å². The minimum Gasteiger partial charge on any atom is -0.309 e. The summed E-state index contributed by atoms with van der Waals surface area (Å²) in [5.41, 5.74) is 18.7. The van der Waals surface area contributed by atoms with E-state index in [-0.39, 0.29) is 5.41 Å². The van der Waals surface area contributed by atoms with Crippen LogP contribution in [0.1, 0.15) is 47.2 Å². The molecule has 0 N–H and O–H groups in total. The van der Waals surface area contributed by atoms with E-state index in [2.05, 4.69) is 219 Å². The molecule has 306 valence electrons. The second-order valence-electron chi connectivity index (χ2n) is 17.9. The van der Waals surface area contributed by atoms with Crippen molar-refractivity contribution in [2.75, 3.05) is 0 Å². The third-order valence-corrected chi connectivity index (χ3v) is 14.1. The first kappa shape index (κ1) is 37.4. The molecule has 2 aliphatic carbocycles. The Morgan fingerprint density at radius 3 is 1.32 bits per heavy atom. The number of hydrogen-bond acceptors (Lipinski definition) is 3. The molecule has 1 spiro atoms. The summed E-state index contributed by atoms with van der Waals surface area (Å²) in [6, 6.07) is 79.0. The number of nitrogens with zero attached hydrogens (tertiary/aromatic N) is 4. The molecular formula is C61H42N4. The van der Waals surface area contributed by atoms with E-state index in [1.165, 1.54) is 71.9 Å². The van der Waals surface area contributed by atoms with Gasteiger partial charge in [-0.15, -0.1) is 0 Å². The SMILES string of the molecule is CC1(C)c2ccccc2C2(c3ccccc3-c3ccccc32)c2cccc(-c3ccc(-c4nc(-c5ccccc5)nc(-c5ccc(-n6c7ccccc7c7ccccc76)cc5)n4)cc3)c21. The van der Waals surface area contributed by atoms with E-state index in [0.29, 0.717) is 17.5 Å². The predicted octanol–water partition coefficient (Wildman–Crippen LogP) is 14.6. The third-order valence-electron chi connectivity index (χ3n) is 14.1. The zero-order valence-corrected chi connectivity index (χ0v) is 36.1. The number of aromatic nitrogens is 4. The zero-order valence-electron chi connectivity index (χ0n) is 36.1. The Morgan fingerprint density at radius 2 is 0.738 bits per heavy atom. The molecule has 0 saturated heterocycles. The lowest BCUT2D eigenvalue weighted by atomic mass is 9.54. The average molecular weight is 831 g/mol. The highest BCUT2D eigenvalue weighted by molar-refractivity contribution is 6.09. The lowest BCUT2D eigenvalue weighted by molar-refractivity contribution is 0.565. The van der Waals surface area contributed by atoms with Crippen LogP contribution in [0.15, 0.2) is 218 Å². The van der Waals surface area contributed by atoms with Crippen LogP contribution in [0.2, 0.25) is 0 Å². The molecule has 13 rings (SSSR count). The molecule has 4 heteroatoms. The van der Waals surface area contributed by atoms with Crippen LogP contribution in [0.5, 0.6) is 0 Å². The molecular weight excluding hydrogens is 789 g/mol. The van der Waals surface area contributed by atoms with Crippen molar-refractivity contribution < 1.29 is 0 Å². The molecule has 2 aliphatic rings. The maximum absolute atomic E-state index is 5.17. The number of fused-ring (bicyclic) bond motifs is 12. The van der Waals surface area contributed by atoms with Crippen molar-refractivity contribution in [1.29, 1.82) is 0 Å². The molecule has 11 aromatic rings. The van der Waals surface area contributed by atoms with E-state index in [0.717, 1.165) is 27.9 Å². The highest BCUT2D eigenvalue weighted by Crippen LogP contribution is 2.63. The quantitative estimate of drug-likeness (QED) is 0.174. The first-order chi connectivity index (χ1) is 32.0. The summed E-state index contributed by atoms with van der Waals surface area (Å²) >= 11 is 0. The van der Waals surface area contributed by atoms with Crippen molar-refractivity contribution >= 4 is 21.8 Å². The maximum atomic E-state index is 5.17. The van der Waals surface area contributed by atoms with E-state index in [9.17, 15) is 0 Å². The molecule has 9 aromatic carbocycles. The molecule has 0 radical (unpaired) electrons. The monoisotopic (exact) mass is 830 g/mol. The summed E-state index contributed by atoms with van der Waals surface area (Å²) in [6.07, 6.45) is 0. The van der Waals surface area contributed by atoms with Crippen molar-refractivity contribution in [2.24, 2.45) is 0 Å². The number of benzene rings is 9. The molecule has 0 atom stereocenters. The van der Waals surface area contributed by atoms with Crippen molar-refractivity contribution in [3.8, 4) is 62.1 Å². The van der Waals surface area contributed by atoms with Crippen LogP contribution >= 0.6 is 0 Å². The summed E-state index contributed by atoms with van der Waals surface area (Å²) in [6.45, 7) is 4.80. The van der Waals surface area contributed by atoms with E-state index in [4.69, 9.17) is 15.0 Å². The molecule has 65 heavy (non-hydrogen) atoms. The van der Waals surface area contributed by atoms with E-state index < -0.39 is 5.41 Å². The van der Waals surface area contributed by atoms with E-state index >= 15 is 0 Å². The Bertz CT molecular complexity index is 3570. The molecule has 2 aromatic heterocycles. The van der Waals surface area contributed by atoms with Gasteiger partial charge in [0, 0.05) is 38.6 Å². The molecule has 0 bridgehead atoms. The van der Waals surface area contributed by atoms with E-state index in [1.807, 2.05) is 18.2 Å². The van der Waals surface area contributed by atoms with Crippen LogP contribution in [0.4, 0.5) is 0 Å². The van der Waals surface area contributed by atoms with Crippen LogP contribution in [0.3, 0.4) is 0 Å². The Balaban J connectivity index is 0.932. The third kappa shape index (κ3) is 5.41. The summed E-state index contributed by atoms with van der Waals surface area (Å²) in [5, 5.41) is 2.48. The lowest BCUT2D eigenvalue weighted by Gasteiger charge is -2.47. The van der Waals surface area contributed by atoms with Crippen LogP contribution in [-0.4, -0.2) is 19.5 Å². The normalized spacial score (nSPS) is 13.9. The van der Waals surface area contributed by atoms with Gasteiger partial charge in [-0.2, -0.15) is 0 Å². The van der Waals surface area contributed by atoms with Crippen molar-refractivity contribution in [2.45, 2.75) is 24.7 Å². The van der Waals surface area contributed by atoms with Crippen LogP contribution in [0, 0.1) is 0 Å². The molecule has 0 fully saturated rings. The average Bonchev–Trinajstić information content (AvgIpc) is 3.87. The summed E-state index contributed by atoms with van der Waals surface area (Å²) in [4.78, 5) is 15.4. The van der Waals surface area contributed by atoms with Crippen LogP contribution in [-0.2, 0) is 10.8 Å². The summed E-state index contributed by atoms with van der Waals surface area (Å²) in [7, 11) is 0. The Morgan fingerprint density at radius 1 is 0.323 bits per heavy atom. The van der Waals surface area contributed by atoms with Crippen molar-refractivity contribution in [1.82, 2.24) is 19.5 Å². The highest BCUT2D eigenvalue weighted by atomic mass is 15.0. The van der Waals surface area contributed by atoms with E-state index in [1.54, 1.807) is 0 Å². The van der Waals surface area contributed by atoms with Gasteiger partial charge >= 0.3 is 0 Å². The Hall–Kier alpha value is -8.21. The van der Waals surface area contributed by atoms with Crippen molar-refractivity contribution in [3.63, 3.8) is 0 Å². The number of hydrogen-bond donors (Lipinski definition) is 0. The van der Waals surface area contributed by atoms with Gasteiger partial charge in [-0.1, -0.05) is 196 Å². The minimum atomic E-state index is -0.443. The largest absolute Gasteiger partial charge is 0.309 e. The molecule has 4 nitrogen and oxygen atoms in total. The molecule has 2 heterocycles. The second-order valence-corrected chi connectivity index (χ2v) is 17.9. The van der Waals surface area contributed by atoms with Gasteiger partial charge < -0.3 is 4.57 Å². The second kappa shape index (κ2) is 14.2. The van der Waals surface area contributed by atoms with Gasteiger partial charge in [0.05, 0.1) is 16.4 Å². The highest BCUT2D eigenvalue weighted by Gasteiger charge is 2.53. The zero-order chi connectivity index (χ0) is 43.3. The van der Waals surface area contributed by atoms with Crippen molar-refractivity contribution in [3.05, 3.63) is 252 Å². The topological polar surface area (TPSA) is 43.6 Å². The first-order valence-electron chi connectivity index (χ1n) is 22.4. The predicted molar refractivity (Wildman–Crippen MR) is 265 cm³/mol. The Kier molecular flexibility index (Phi) is 8.13. The van der Waals surface area contributed by atoms with Gasteiger partial charge in [0.2, 0.25) is 0 Å². The molecule has 0 unspecified atom stereocenters. The van der Waals surface area contributed by atoms with Gasteiger partial charge in [-0.3, -0.25) is 0 Å². The number of para-hydroxylation sites is 2. The summed E-state index contributed by atoms with van der Waals surface area (Å²) < 4.78 is 2.33. The summed E-state index contributed by atoms with van der Waals surface area (Å²) in [5.74, 6) is 1.90. The first-order valence-corrected chi connectivity index (χ1v) is 22.4. The van der Waals surface area contributed by atoms with Gasteiger partial charge in [0.1, 0.15) is 0 Å².